The molecule has 0 aliphatic heterocycles. The molecule has 134 valence electrons. The molecule has 7 heteroatoms. The lowest BCUT2D eigenvalue weighted by atomic mass is 10.2. The molecule has 26 heavy (non-hydrogen) atoms. The molecule has 0 radical (unpaired) electrons. The first-order valence-electron chi connectivity index (χ1n) is 8.30. The SMILES string of the molecule is CC(=O)NCCNC(=O)c1cccc(OCc2cn3ccccc3n2)c1. The van der Waals surface area contributed by atoms with Gasteiger partial charge in [0.05, 0.1) is 5.69 Å². The van der Waals surface area contributed by atoms with E-state index in [1.807, 2.05) is 35.0 Å². The Morgan fingerprint density at radius 1 is 1.12 bits per heavy atom. The smallest absolute Gasteiger partial charge is 0.251 e. The minimum Gasteiger partial charge on any atom is -0.487 e. The number of carbonyl (C=O) groups excluding carboxylic acids is 2. The number of ether oxygens (including phenoxy) is 1. The topological polar surface area (TPSA) is 84.7 Å². The zero-order valence-corrected chi connectivity index (χ0v) is 14.4. The molecular weight excluding hydrogens is 332 g/mol. The molecule has 2 heterocycles. The van der Waals surface area contributed by atoms with Gasteiger partial charge in [0, 0.05) is 38.0 Å². The van der Waals surface area contributed by atoms with E-state index in [0.717, 1.165) is 11.3 Å². The van der Waals surface area contributed by atoms with Crippen LogP contribution in [0.4, 0.5) is 0 Å². The Labute approximate surface area is 151 Å². The summed E-state index contributed by atoms with van der Waals surface area (Å²) >= 11 is 0. The second kappa shape index (κ2) is 8.15. The van der Waals surface area contributed by atoms with Gasteiger partial charge in [0.2, 0.25) is 5.91 Å². The normalized spacial score (nSPS) is 10.5. The highest BCUT2D eigenvalue weighted by molar-refractivity contribution is 5.94. The average Bonchev–Trinajstić information content (AvgIpc) is 3.06. The van der Waals surface area contributed by atoms with Crippen LogP contribution in [-0.2, 0) is 11.4 Å². The van der Waals surface area contributed by atoms with Gasteiger partial charge in [-0.3, -0.25) is 9.59 Å². The fourth-order valence-electron chi connectivity index (χ4n) is 2.46. The van der Waals surface area contributed by atoms with Crippen LogP contribution >= 0.6 is 0 Å². The Morgan fingerprint density at radius 3 is 2.77 bits per heavy atom. The summed E-state index contributed by atoms with van der Waals surface area (Å²) in [5.74, 6) is 0.256. The summed E-state index contributed by atoms with van der Waals surface area (Å²) < 4.78 is 7.68. The van der Waals surface area contributed by atoms with Crippen LogP contribution in [0, 0.1) is 0 Å². The number of benzene rings is 1. The molecule has 0 aliphatic carbocycles. The number of imidazole rings is 1. The first-order valence-corrected chi connectivity index (χ1v) is 8.30. The number of rotatable bonds is 7. The summed E-state index contributed by atoms with van der Waals surface area (Å²) in [4.78, 5) is 27.4. The third kappa shape index (κ3) is 4.60. The van der Waals surface area contributed by atoms with Gasteiger partial charge in [-0.15, -0.1) is 0 Å². The van der Waals surface area contributed by atoms with Gasteiger partial charge in [0.15, 0.2) is 0 Å². The van der Waals surface area contributed by atoms with E-state index >= 15 is 0 Å². The molecule has 0 saturated carbocycles. The maximum absolute atomic E-state index is 12.1. The maximum atomic E-state index is 12.1. The summed E-state index contributed by atoms with van der Waals surface area (Å²) in [6, 6.07) is 12.8. The molecule has 0 aliphatic rings. The molecule has 3 rings (SSSR count). The van der Waals surface area contributed by atoms with Gasteiger partial charge in [-0.25, -0.2) is 4.98 Å². The van der Waals surface area contributed by atoms with Crippen molar-refractivity contribution in [2.75, 3.05) is 13.1 Å². The number of pyridine rings is 1. The fourth-order valence-corrected chi connectivity index (χ4v) is 2.46. The van der Waals surface area contributed by atoms with Gasteiger partial charge in [-0.1, -0.05) is 12.1 Å². The molecule has 2 amide bonds. The van der Waals surface area contributed by atoms with Crippen molar-refractivity contribution in [3.05, 3.63) is 66.1 Å². The maximum Gasteiger partial charge on any atom is 0.251 e. The van der Waals surface area contributed by atoms with E-state index in [2.05, 4.69) is 15.6 Å². The molecule has 0 unspecified atom stereocenters. The minimum absolute atomic E-state index is 0.124. The second-order valence-electron chi connectivity index (χ2n) is 5.75. The van der Waals surface area contributed by atoms with Crippen LogP contribution in [0.2, 0.25) is 0 Å². The molecule has 0 saturated heterocycles. The van der Waals surface area contributed by atoms with Gasteiger partial charge in [0.25, 0.3) is 5.91 Å². The quantitative estimate of drug-likeness (QED) is 0.635. The van der Waals surface area contributed by atoms with Crippen molar-refractivity contribution in [1.82, 2.24) is 20.0 Å². The predicted molar refractivity (Wildman–Crippen MR) is 97.0 cm³/mol. The van der Waals surface area contributed by atoms with Crippen LogP contribution in [0.5, 0.6) is 5.75 Å². The number of fused-ring (bicyclic) bond motifs is 1. The fraction of sp³-hybridized carbons (Fsp3) is 0.211. The number of nitrogens with one attached hydrogen (secondary N) is 2. The second-order valence-corrected chi connectivity index (χ2v) is 5.75. The first-order chi connectivity index (χ1) is 12.6. The van der Waals surface area contributed by atoms with Crippen LogP contribution < -0.4 is 15.4 Å². The molecule has 7 nitrogen and oxygen atoms in total. The van der Waals surface area contributed by atoms with Crippen molar-refractivity contribution in [1.29, 1.82) is 0 Å². The van der Waals surface area contributed by atoms with Crippen LogP contribution in [-0.4, -0.2) is 34.3 Å². The monoisotopic (exact) mass is 352 g/mol. The zero-order valence-electron chi connectivity index (χ0n) is 14.4. The Morgan fingerprint density at radius 2 is 1.96 bits per heavy atom. The molecule has 0 spiro atoms. The minimum atomic E-state index is -0.214. The number of hydrogen-bond acceptors (Lipinski definition) is 4. The van der Waals surface area contributed by atoms with Crippen LogP contribution in [0.15, 0.2) is 54.9 Å². The van der Waals surface area contributed by atoms with E-state index in [0.29, 0.717) is 31.0 Å². The number of carbonyl (C=O) groups is 2. The zero-order chi connectivity index (χ0) is 18.4. The lowest BCUT2D eigenvalue weighted by Crippen LogP contribution is -2.33. The molecule has 2 N–H and O–H groups in total. The number of nitrogens with zero attached hydrogens (tertiary/aromatic N) is 2. The molecule has 2 aromatic heterocycles. The molecular formula is C19H20N4O3. The number of amides is 2. The Bertz CT molecular complexity index is 887. The lowest BCUT2D eigenvalue weighted by molar-refractivity contribution is -0.118. The van der Waals surface area contributed by atoms with Gasteiger partial charge in [-0.2, -0.15) is 0 Å². The van der Waals surface area contributed by atoms with E-state index in [9.17, 15) is 9.59 Å². The van der Waals surface area contributed by atoms with Gasteiger partial charge >= 0.3 is 0 Å². The summed E-state index contributed by atoms with van der Waals surface area (Å²) in [5.41, 5.74) is 2.17. The number of aromatic nitrogens is 2. The molecule has 0 fully saturated rings. The van der Waals surface area contributed by atoms with Crippen molar-refractivity contribution in [3.8, 4) is 5.75 Å². The largest absolute Gasteiger partial charge is 0.487 e. The van der Waals surface area contributed by atoms with E-state index < -0.39 is 0 Å². The van der Waals surface area contributed by atoms with E-state index in [1.54, 1.807) is 24.3 Å². The highest BCUT2D eigenvalue weighted by Gasteiger charge is 2.07. The third-order valence-electron chi connectivity index (χ3n) is 3.68. The Kier molecular flexibility index (Phi) is 5.48. The first kappa shape index (κ1) is 17.5. The molecule has 0 atom stereocenters. The third-order valence-corrected chi connectivity index (χ3v) is 3.68. The van der Waals surface area contributed by atoms with Gasteiger partial charge in [0.1, 0.15) is 18.0 Å². The predicted octanol–water partition coefficient (Wildman–Crippen LogP) is 1.78. The van der Waals surface area contributed by atoms with Gasteiger partial charge < -0.3 is 19.8 Å². The van der Waals surface area contributed by atoms with E-state index in [4.69, 9.17) is 4.74 Å². The molecule has 3 aromatic rings. The highest BCUT2D eigenvalue weighted by atomic mass is 16.5. The van der Waals surface area contributed by atoms with Crippen molar-refractivity contribution in [2.24, 2.45) is 0 Å². The molecule has 1 aromatic carbocycles. The van der Waals surface area contributed by atoms with Gasteiger partial charge in [-0.05, 0) is 30.3 Å². The van der Waals surface area contributed by atoms with Crippen LogP contribution in [0.3, 0.4) is 0 Å². The van der Waals surface area contributed by atoms with Crippen molar-refractivity contribution < 1.29 is 14.3 Å². The van der Waals surface area contributed by atoms with E-state index in [1.165, 1.54) is 6.92 Å². The summed E-state index contributed by atoms with van der Waals surface area (Å²) in [6.07, 6.45) is 3.84. The van der Waals surface area contributed by atoms with Crippen molar-refractivity contribution >= 4 is 17.5 Å². The Balaban J connectivity index is 1.56. The van der Waals surface area contributed by atoms with E-state index in [-0.39, 0.29) is 11.8 Å². The van der Waals surface area contributed by atoms with Crippen LogP contribution in [0.1, 0.15) is 23.0 Å². The number of hydrogen-bond donors (Lipinski definition) is 2. The highest BCUT2D eigenvalue weighted by Crippen LogP contribution is 2.15. The average molecular weight is 352 g/mol. The van der Waals surface area contributed by atoms with Crippen molar-refractivity contribution in [2.45, 2.75) is 13.5 Å². The summed E-state index contributed by atoms with van der Waals surface area (Å²) in [7, 11) is 0. The lowest BCUT2D eigenvalue weighted by Gasteiger charge is -2.08. The standard InChI is InChI=1S/C19H20N4O3/c1-14(24)20-8-9-21-19(25)15-5-4-6-17(11-15)26-13-16-12-23-10-3-2-7-18(23)22-16/h2-7,10-12H,8-9,13H2,1H3,(H,20,24)(H,21,25). The van der Waals surface area contributed by atoms with Crippen LogP contribution in [0.25, 0.3) is 5.65 Å². The Hall–Kier alpha value is -3.35. The van der Waals surface area contributed by atoms with Crippen molar-refractivity contribution in [3.63, 3.8) is 0 Å². The summed E-state index contributed by atoms with van der Waals surface area (Å²) in [6.45, 7) is 2.51. The summed E-state index contributed by atoms with van der Waals surface area (Å²) in [5, 5.41) is 5.37. The molecule has 0 bridgehead atoms.